The van der Waals surface area contributed by atoms with Gasteiger partial charge in [0.05, 0.1) is 19.6 Å². The topological polar surface area (TPSA) is 229 Å². The van der Waals surface area contributed by atoms with Crippen LogP contribution in [0.2, 0.25) is 0 Å². The minimum Gasteiger partial charge on any atom is -0.744 e. The summed E-state index contributed by atoms with van der Waals surface area (Å²) in [6, 6.07) is 13.9. The van der Waals surface area contributed by atoms with Crippen LogP contribution in [-0.4, -0.2) is 51.9 Å². The summed E-state index contributed by atoms with van der Waals surface area (Å²) < 4.78 is 131. The maximum absolute atomic E-state index is 11.0. The van der Waals surface area contributed by atoms with Crippen molar-refractivity contribution in [1.82, 2.24) is 0 Å². The fraction of sp³-hybridized carbons (Fsp3) is 0. The average molecular weight is 665 g/mol. The van der Waals surface area contributed by atoms with Crippen LogP contribution in [0.25, 0.3) is 21.5 Å². The van der Waals surface area contributed by atoms with E-state index < -0.39 is 60.1 Å². The van der Waals surface area contributed by atoms with Gasteiger partial charge in [-0.2, -0.15) is 0 Å². The zero-order valence-corrected chi connectivity index (χ0v) is 32.7. The van der Waals surface area contributed by atoms with Crippen molar-refractivity contribution in [3.8, 4) is 0 Å². The van der Waals surface area contributed by atoms with Gasteiger partial charge in [0.2, 0.25) is 0 Å². The van der Waals surface area contributed by atoms with E-state index >= 15 is 0 Å². The maximum atomic E-state index is 11.0. The van der Waals surface area contributed by atoms with Crippen molar-refractivity contribution in [1.29, 1.82) is 0 Å². The van der Waals surface area contributed by atoms with Crippen LogP contribution in [0, 0.1) is 0 Å². The summed E-state index contributed by atoms with van der Waals surface area (Å²) in [6.45, 7) is 0. The Hall–Kier alpha value is 1.04. The Morgan fingerprint density at radius 2 is 0.700 bits per heavy atom. The van der Waals surface area contributed by atoms with Crippen LogP contribution < -0.4 is 118 Å². The van der Waals surface area contributed by atoms with Gasteiger partial charge in [0, 0.05) is 0 Å². The van der Waals surface area contributed by atoms with E-state index in [0.717, 1.165) is 48.5 Å². The van der Waals surface area contributed by atoms with Crippen LogP contribution in [-0.2, 0) is 40.5 Å². The van der Waals surface area contributed by atoms with Gasteiger partial charge in [0.1, 0.15) is 40.5 Å². The van der Waals surface area contributed by atoms with Crippen molar-refractivity contribution in [2.75, 3.05) is 0 Å². The van der Waals surface area contributed by atoms with Gasteiger partial charge in [-0.05, 0) is 57.9 Å². The molecule has 0 saturated carbocycles. The van der Waals surface area contributed by atoms with Gasteiger partial charge in [0.25, 0.3) is 0 Å². The summed E-state index contributed by atoms with van der Waals surface area (Å²) in [5.74, 6) is 0. The van der Waals surface area contributed by atoms with E-state index in [1.165, 1.54) is 24.3 Å². The zero-order chi connectivity index (χ0) is 27.1. The number of fused-ring (bicyclic) bond motifs is 2. The first-order valence-electron chi connectivity index (χ1n) is 9.28. The van der Waals surface area contributed by atoms with Gasteiger partial charge in [0.15, 0.2) is 0 Å². The molecule has 0 saturated heterocycles. The summed E-state index contributed by atoms with van der Waals surface area (Å²) >= 11 is 0. The fourth-order valence-corrected chi connectivity index (χ4v) is 5.62. The molecule has 12 nitrogen and oxygen atoms in total. The number of rotatable bonds is 4. The molecule has 0 aliphatic rings. The summed E-state index contributed by atoms with van der Waals surface area (Å²) in [7, 11) is -18.6. The summed E-state index contributed by atoms with van der Waals surface area (Å²) in [6.07, 6.45) is 0. The molecule has 0 aliphatic carbocycles. The standard InChI is InChI=1S/2C10H8O6S2.4Na/c2*11-17(12,13)8-4-5-9-7(6-8)2-1-3-10(9)18(14,15)16;;;;/h2*1-6H,(H,11,12,13)(H,14,15,16);;;;/q;;4*+1/p-4. The second-order valence-corrected chi connectivity index (χ2v) is 12.6. The number of benzene rings is 4. The largest absolute Gasteiger partial charge is 1.00 e. The fourth-order valence-electron chi connectivity index (χ4n) is 3.21. The molecule has 4 aromatic carbocycles. The smallest absolute Gasteiger partial charge is 0.744 e. The molecule has 0 bridgehead atoms. The van der Waals surface area contributed by atoms with E-state index in [1.807, 2.05) is 0 Å². The molecule has 0 fully saturated rings. The average Bonchev–Trinajstić information content (AvgIpc) is 2.75. The van der Waals surface area contributed by atoms with Crippen LogP contribution in [0.3, 0.4) is 0 Å². The molecule has 0 aliphatic heterocycles. The molecular weight excluding hydrogens is 652 g/mol. The predicted molar refractivity (Wildman–Crippen MR) is 120 cm³/mol. The first-order chi connectivity index (χ1) is 16.4. The molecule has 0 radical (unpaired) electrons. The molecule has 0 aromatic heterocycles. The molecule has 0 atom stereocenters. The molecule has 20 heteroatoms. The van der Waals surface area contributed by atoms with Crippen molar-refractivity contribution >= 4 is 62.0 Å². The molecular formula is C20H12Na4O12S4. The molecule has 192 valence electrons. The van der Waals surface area contributed by atoms with E-state index in [0.29, 0.717) is 0 Å². The first kappa shape index (κ1) is 43.2. The van der Waals surface area contributed by atoms with Crippen molar-refractivity contribution in [3.05, 3.63) is 72.8 Å². The second kappa shape index (κ2) is 16.4. The monoisotopic (exact) mass is 664 g/mol. The molecule has 4 aromatic rings. The van der Waals surface area contributed by atoms with E-state index in [-0.39, 0.29) is 140 Å². The van der Waals surface area contributed by atoms with Gasteiger partial charge in [-0.15, -0.1) is 0 Å². The molecule has 40 heavy (non-hydrogen) atoms. The van der Waals surface area contributed by atoms with Gasteiger partial charge in [-0.1, -0.05) is 36.4 Å². The third kappa shape index (κ3) is 11.2. The van der Waals surface area contributed by atoms with Crippen LogP contribution in [0.5, 0.6) is 0 Å². The van der Waals surface area contributed by atoms with Crippen molar-refractivity contribution in [3.63, 3.8) is 0 Å². The normalized spacial score (nSPS) is 11.5. The third-order valence-corrected chi connectivity index (χ3v) is 8.19. The molecule has 0 spiro atoms. The van der Waals surface area contributed by atoms with E-state index in [9.17, 15) is 51.9 Å². The molecule has 0 heterocycles. The van der Waals surface area contributed by atoms with Crippen LogP contribution in [0.1, 0.15) is 0 Å². The van der Waals surface area contributed by atoms with Crippen LogP contribution in [0.4, 0.5) is 0 Å². The summed E-state index contributed by atoms with van der Waals surface area (Å²) in [5, 5.41) is 0.563. The van der Waals surface area contributed by atoms with Crippen molar-refractivity contribution < 1.29 is 170 Å². The maximum Gasteiger partial charge on any atom is 1.00 e. The molecule has 4 rings (SSSR count). The first-order valence-corrected chi connectivity index (χ1v) is 14.9. The van der Waals surface area contributed by atoms with E-state index in [1.54, 1.807) is 0 Å². The van der Waals surface area contributed by atoms with Gasteiger partial charge < -0.3 is 18.2 Å². The Morgan fingerprint density at radius 3 is 0.950 bits per heavy atom. The van der Waals surface area contributed by atoms with E-state index in [2.05, 4.69) is 0 Å². The zero-order valence-electron chi connectivity index (χ0n) is 21.5. The van der Waals surface area contributed by atoms with Crippen molar-refractivity contribution in [2.45, 2.75) is 19.6 Å². The van der Waals surface area contributed by atoms with Crippen molar-refractivity contribution in [2.24, 2.45) is 0 Å². The van der Waals surface area contributed by atoms with Gasteiger partial charge in [-0.3, -0.25) is 0 Å². The Labute approximate surface area is 319 Å². The second-order valence-electron chi connectivity index (χ2n) is 7.09. The van der Waals surface area contributed by atoms with Crippen LogP contribution in [0.15, 0.2) is 92.4 Å². The number of hydrogen-bond acceptors (Lipinski definition) is 12. The Balaban J connectivity index is 0. The Bertz CT molecular complexity index is 1800. The van der Waals surface area contributed by atoms with Gasteiger partial charge >= 0.3 is 118 Å². The third-order valence-electron chi connectivity index (χ3n) is 4.74. The summed E-state index contributed by atoms with van der Waals surface area (Å²) in [5.41, 5.74) is 0. The summed E-state index contributed by atoms with van der Waals surface area (Å²) in [4.78, 5) is -1.85. The molecule has 0 unspecified atom stereocenters. The molecule has 0 N–H and O–H groups in total. The van der Waals surface area contributed by atoms with Gasteiger partial charge in [-0.25, -0.2) is 33.7 Å². The Morgan fingerprint density at radius 1 is 0.400 bits per heavy atom. The predicted octanol–water partition coefficient (Wildman–Crippen LogP) is -10.7. The van der Waals surface area contributed by atoms with E-state index in [4.69, 9.17) is 0 Å². The minimum atomic E-state index is -4.66. The Kier molecular flexibility index (Phi) is 17.7. The number of hydrogen-bond donors (Lipinski definition) is 0. The minimum absolute atomic E-state index is 0. The van der Waals surface area contributed by atoms with Crippen LogP contribution >= 0.6 is 0 Å². The molecule has 0 amide bonds. The SMILES string of the molecule is O=S(=O)([O-])c1ccc2c(S(=O)(=O)[O-])cccc2c1.O=S(=O)([O-])c1ccc2c(S(=O)(=O)[O-])cccc2c1.[Na+].[Na+].[Na+].[Na+]. The quantitative estimate of drug-likeness (QED) is 0.146.